The summed E-state index contributed by atoms with van der Waals surface area (Å²) in [4.78, 5) is 22.7. The molecule has 0 aliphatic heterocycles. The molecule has 5 N–H and O–H groups in total. The van der Waals surface area contributed by atoms with Gasteiger partial charge in [0.1, 0.15) is 6.04 Å². The van der Waals surface area contributed by atoms with Crippen LogP contribution >= 0.6 is 11.3 Å². The van der Waals surface area contributed by atoms with Crippen LogP contribution in [0.3, 0.4) is 0 Å². The molecule has 7 nitrogen and oxygen atoms in total. The van der Waals surface area contributed by atoms with Crippen LogP contribution < -0.4 is 16.8 Å². The number of hydrogen-bond acceptors (Lipinski definition) is 6. The topological polar surface area (TPSA) is 124 Å². The Balaban J connectivity index is 2.73. The first kappa shape index (κ1) is 12.4. The number of primary amides is 1. The Morgan fingerprint density at radius 3 is 2.38 bits per heavy atom. The van der Waals surface area contributed by atoms with E-state index in [9.17, 15) is 9.59 Å². The van der Waals surface area contributed by atoms with Crippen LogP contribution in [0.2, 0.25) is 0 Å². The molecule has 0 aliphatic rings. The highest BCUT2D eigenvalue weighted by molar-refractivity contribution is 7.16. The molecule has 1 aromatic heterocycles. The molecule has 8 heteroatoms. The van der Waals surface area contributed by atoms with Crippen molar-refractivity contribution in [2.75, 3.05) is 5.73 Å². The second kappa shape index (κ2) is 4.88. The zero-order valence-electron chi connectivity index (χ0n) is 8.93. The molecule has 0 saturated heterocycles. The molecule has 0 bridgehead atoms. The van der Waals surface area contributed by atoms with E-state index in [1.165, 1.54) is 0 Å². The van der Waals surface area contributed by atoms with E-state index in [1.54, 1.807) is 13.8 Å². The number of rotatable bonds is 4. The third-order valence-electron chi connectivity index (χ3n) is 1.89. The van der Waals surface area contributed by atoms with Gasteiger partial charge in [-0.2, -0.15) is 0 Å². The first-order valence-corrected chi connectivity index (χ1v) is 5.42. The summed E-state index contributed by atoms with van der Waals surface area (Å²) in [5.74, 6) is -1.17. The molecule has 0 radical (unpaired) electrons. The number of carbonyl (C=O) groups is 2. The first-order valence-electron chi connectivity index (χ1n) is 4.61. The minimum atomic E-state index is -0.724. The van der Waals surface area contributed by atoms with E-state index < -0.39 is 17.9 Å². The number of anilines is 1. The highest BCUT2D eigenvalue weighted by Gasteiger charge is 2.23. The monoisotopic (exact) mass is 243 g/mol. The van der Waals surface area contributed by atoms with Gasteiger partial charge >= 0.3 is 0 Å². The highest BCUT2D eigenvalue weighted by atomic mass is 32.1. The zero-order chi connectivity index (χ0) is 12.3. The van der Waals surface area contributed by atoms with Crippen LogP contribution in [0, 0.1) is 5.92 Å². The largest absolute Gasteiger partial charge is 0.374 e. The number of aromatic nitrogens is 2. The van der Waals surface area contributed by atoms with Gasteiger partial charge in [-0.15, -0.1) is 10.2 Å². The standard InChI is InChI=1S/C8H13N5O2S/c1-3(2)4(5(9)14)11-6(15)7-12-13-8(10)16-7/h3-4H,1-2H3,(H2,9,14)(H2,10,13)(H,11,15). The molecule has 0 fully saturated rings. The predicted molar refractivity (Wildman–Crippen MR) is 59.6 cm³/mol. The van der Waals surface area contributed by atoms with Gasteiger partial charge in [0, 0.05) is 0 Å². The number of nitrogens with zero attached hydrogens (tertiary/aromatic N) is 2. The molecule has 0 aromatic carbocycles. The van der Waals surface area contributed by atoms with Crippen molar-refractivity contribution in [2.24, 2.45) is 11.7 Å². The van der Waals surface area contributed by atoms with Crippen LogP contribution in [0.4, 0.5) is 5.13 Å². The van der Waals surface area contributed by atoms with Crippen molar-refractivity contribution >= 4 is 28.3 Å². The Kier molecular flexibility index (Phi) is 3.78. The maximum absolute atomic E-state index is 11.6. The van der Waals surface area contributed by atoms with E-state index >= 15 is 0 Å². The van der Waals surface area contributed by atoms with E-state index in [1.807, 2.05) is 0 Å². The average molecular weight is 243 g/mol. The normalized spacial score (nSPS) is 12.4. The number of nitrogen functional groups attached to an aromatic ring is 1. The fourth-order valence-electron chi connectivity index (χ4n) is 1.10. The molecule has 1 unspecified atom stereocenters. The fraction of sp³-hybridized carbons (Fsp3) is 0.500. The highest BCUT2D eigenvalue weighted by Crippen LogP contribution is 2.11. The van der Waals surface area contributed by atoms with Gasteiger partial charge in [0.2, 0.25) is 16.0 Å². The minimum absolute atomic E-state index is 0.0910. The average Bonchev–Trinajstić information content (AvgIpc) is 2.59. The Bertz CT molecular complexity index is 403. The van der Waals surface area contributed by atoms with Crippen molar-refractivity contribution in [2.45, 2.75) is 19.9 Å². The van der Waals surface area contributed by atoms with E-state index in [2.05, 4.69) is 15.5 Å². The van der Waals surface area contributed by atoms with Gasteiger partial charge in [-0.05, 0) is 5.92 Å². The van der Waals surface area contributed by atoms with Gasteiger partial charge in [0.05, 0.1) is 0 Å². The maximum Gasteiger partial charge on any atom is 0.282 e. The molecular weight excluding hydrogens is 230 g/mol. The third kappa shape index (κ3) is 2.89. The number of hydrogen-bond donors (Lipinski definition) is 3. The Hall–Kier alpha value is -1.70. The van der Waals surface area contributed by atoms with Crippen LogP contribution in [-0.4, -0.2) is 28.1 Å². The molecule has 0 aliphatic carbocycles. The molecule has 0 saturated carbocycles. The summed E-state index contributed by atoms with van der Waals surface area (Å²) in [6.07, 6.45) is 0. The summed E-state index contributed by atoms with van der Waals surface area (Å²) >= 11 is 0.953. The first-order chi connectivity index (χ1) is 7.41. The summed E-state index contributed by atoms with van der Waals surface area (Å²) in [6.45, 7) is 3.56. The van der Waals surface area contributed by atoms with Crippen molar-refractivity contribution in [3.63, 3.8) is 0 Å². The van der Waals surface area contributed by atoms with Crippen LogP contribution in [0.1, 0.15) is 23.6 Å². The molecule has 88 valence electrons. The molecule has 1 rings (SSSR count). The van der Waals surface area contributed by atoms with Gasteiger partial charge in [-0.25, -0.2) is 0 Å². The molecule has 1 heterocycles. The quantitative estimate of drug-likeness (QED) is 0.648. The van der Waals surface area contributed by atoms with Crippen molar-refractivity contribution in [3.05, 3.63) is 5.01 Å². The van der Waals surface area contributed by atoms with Gasteiger partial charge in [0.15, 0.2) is 0 Å². The molecule has 1 aromatic rings. The lowest BCUT2D eigenvalue weighted by Crippen LogP contribution is -2.47. The summed E-state index contributed by atoms with van der Waals surface area (Å²) in [5.41, 5.74) is 10.5. The summed E-state index contributed by atoms with van der Waals surface area (Å²) in [6, 6.07) is -0.724. The second-order valence-electron chi connectivity index (χ2n) is 3.54. The smallest absolute Gasteiger partial charge is 0.282 e. The number of nitrogens with one attached hydrogen (secondary N) is 1. The van der Waals surface area contributed by atoms with Crippen molar-refractivity contribution < 1.29 is 9.59 Å². The van der Waals surface area contributed by atoms with Crippen LogP contribution in [-0.2, 0) is 4.79 Å². The van der Waals surface area contributed by atoms with Crippen LogP contribution in [0.25, 0.3) is 0 Å². The molecule has 16 heavy (non-hydrogen) atoms. The maximum atomic E-state index is 11.6. The summed E-state index contributed by atoms with van der Waals surface area (Å²) in [5, 5.41) is 9.87. The van der Waals surface area contributed by atoms with Crippen molar-refractivity contribution in [1.82, 2.24) is 15.5 Å². The van der Waals surface area contributed by atoms with Crippen LogP contribution in [0.5, 0.6) is 0 Å². The van der Waals surface area contributed by atoms with E-state index in [-0.39, 0.29) is 16.1 Å². The molecule has 1 atom stereocenters. The van der Waals surface area contributed by atoms with E-state index in [0.717, 1.165) is 11.3 Å². The minimum Gasteiger partial charge on any atom is -0.374 e. The molecular formula is C8H13N5O2S. The summed E-state index contributed by atoms with van der Waals surface area (Å²) < 4.78 is 0. The lowest BCUT2D eigenvalue weighted by Gasteiger charge is -2.17. The zero-order valence-corrected chi connectivity index (χ0v) is 9.75. The second-order valence-corrected chi connectivity index (χ2v) is 4.55. The van der Waals surface area contributed by atoms with Crippen LogP contribution in [0.15, 0.2) is 0 Å². The lowest BCUT2D eigenvalue weighted by atomic mass is 10.0. The van der Waals surface area contributed by atoms with Gasteiger partial charge < -0.3 is 16.8 Å². The van der Waals surface area contributed by atoms with E-state index in [0.29, 0.717) is 0 Å². The summed E-state index contributed by atoms with van der Waals surface area (Å²) in [7, 11) is 0. The molecule has 0 spiro atoms. The Morgan fingerprint density at radius 2 is 2.00 bits per heavy atom. The number of carbonyl (C=O) groups excluding carboxylic acids is 2. The van der Waals surface area contributed by atoms with Crippen molar-refractivity contribution in [1.29, 1.82) is 0 Å². The number of amides is 2. The third-order valence-corrected chi connectivity index (χ3v) is 2.65. The van der Waals surface area contributed by atoms with Gasteiger partial charge in [-0.3, -0.25) is 9.59 Å². The van der Waals surface area contributed by atoms with Crippen molar-refractivity contribution in [3.8, 4) is 0 Å². The Labute approximate surface area is 96.2 Å². The molecule has 2 amide bonds. The number of nitrogens with two attached hydrogens (primary N) is 2. The predicted octanol–water partition coefficient (Wildman–Crippen LogP) is -0.640. The fourth-order valence-corrected chi connectivity index (χ4v) is 1.61. The Morgan fingerprint density at radius 1 is 1.38 bits per heavy atom. The van der Waals surface area contributed by atoms with Gasteiger partial charge in [-0.1, -0.05) is 25.2 Å². The van der Waals surface area contributed by atoms with Gasteiger partial charge in [0.25, 0.3) is 5.91 Å². The SMILES string of the molecule is CC(C)C(NC(=O)c1nnc(N)s1)C(N)=O. The van der Waals surface area contributed by atoms with E-state index in [4.69, 9.17) is 11.5 Å². The lowest BCUT2D eigenvalue weighted by molar-refractivity contribution is -0.120.